The molecular weight excluding hydrogens is 196 g/mol. The Morgan fingerprint density at radius 2 is 1.94 bits per heavy atom. The predicted molar refractivity (Wildman–Crippen MR) is 70.2 cm³/mol. The first-order chi connectivity index (χ1) is 7.50. The fraction of sp³-hybridized carbons (Fsp3) is 0.600. The predicted octanol–water partition coefficient (Wildman–Crippen LogP) is 3.86. The minimum atomic E-state index is -0.351. The van der Waals surface area contributed by atoms with E-state index in [0.717, 1.165) is 36.8 Å². The summed E-state index contributed by atoms with van der Waals surface area (Å²) >= 11 is 0. The SMILES string of the molecule is C=C1/C=C\[C@H](C(C)C)CCC(=C)C(O)CC1. The summed E-state index contributed by atoms with van der Waals surface area (Å²) in [6.45, 7) is 12.5. The molecule has 1 N–H and O–H groups in total. The van der Waals surface area contributed by atoms with E-state index in [-0.39, 0.29) is 6.10 Å². The van der Waals surface area contributed by atoms with E-state index in [1.165, 1.54) is 0 Å². The molecule has 0 aromatic rings. The van der Waals surface area contributed by atoms with Crippen LogP contribution in [0.15, 0.2) is 36.5 Å². The molecule has 1 heteroatoms. The van der Waals surface area contributed by atoms with Gasteiger partial charge in [0.2, 0.25) is 0 Å². The van der Waals surface area contributed by atoms with E-state index in [1.807, 2.05) is 0 Å². The van der Waals surface area contributed by atoms with Crippen molar-refractivity contribution in [3.63, 3.8) is 0 Å². The summed E-state index contributed by atoms with van der Waals surface area (Å²) in [6, 6.07) is 0. The van der Waals surface area contributed by atoms with Crippen LogP contribution in [0.25, 0.3) is 0 Å². The number of aliphatic hydroxyl groups is 1. The van der Waals surface area contributed by atoms with Gasteiger partial charge in [0.15, 0.2) is 0 Å². The van der Waals surface area contributed by atoms with Crippen molar-refractivity contribution < 1.29 is 5.11 Å². The normalized spacial score (nSPS) is 30.5. The number of rotatable bonds is 1. The van der Waals surface area contributed by atoms with Gasteiger partial charge in [0.05, 0.1) is 6.10 Å². The summed E-state index contributed by atoms with van der Waals surface area (Å²) in [5.41, 5.74) is 2.09. The first-order valence-electron chi connectivity index (χ1n) is 6.22. The van der Waals surface area contributed by atoms with Crippen LogP contribution in [0.2, 0.25) is 0 Å². The van der Waals surface area contributed by atoms with Crippen LogP contribution in [-0.4, -0.2) is 11.2 Å². The lowest BCUT2D eigenvalue weighted by Crippen LogP contribution is -2.13. The van der Waals surface area contributed by atoms with Crippen molar-refractivity contribution in [2.75, 3.05) is 0 Å². The second-order valence-electron chi connectivity index (χ2n) is 5.18. The molecule has 0 aromatic carbocycles. The topological polar surface area (TPSA) is 20.2 Å². The van der Waals surface area contributed by atoms with Crippen molar-refractivity contribution >= 4 is 0 Å². The standard InChI is InChI=1S/C15H24O/c1-11(2)14-8-5-12(3)6-10-15(16)13(4)7-9-14/h5,8,11,14-16H,3-4,6-7,9-10H2,1-2H3/b8-5-/t14-,15?/m0/s1. The number of hydrogen-bond acceptors (Lipinski definition) is 1. The third kappa shape index (κ3) is 3.97. The van der Waals surface area contributed by atoms with Crippen molar-refractivity contribution in [2.24, 2.45) is 11.8 Å². The van der Waals surface area contributed by atoms with Crippen LogP contribution in [0.5, 0.6) is 0 Å². The highest BCUT2D eigenvalue weighted by atomic mass is 16.3. The molecule has 90 valence electrons. The summed E-state index contributed by atoms with van der Waals surface area (Å²) in [6.07, 6.45) is 7.69. The van der Waals surface area contributed by atoms with E-state index >= 15 is 0 Å². The first-order valence-corrected chi connectivity index (χ1v) is 6.22. The van der Waals surface area contributed by atoms with E-state index in [4.69, 9.17) is 0 Å². The third-order valence-corrected chi connectivity index (χ3v) is 3.44. The van der Waals surface area contributed by atoms with Crippen LogP contribution >= 0.6 is 0 Å². The number of allylic oxidation sites excluding steroid dienone is 3. The van der Waals surface area contributed by atoms with Gasteiger partial charge >= 0.3 is 0 Å². The van der Waals surface area contributed by atoms with Gasteiger partial charge in [0.25, 0.3) is 0 Å². The Bertz CT molecular complexity index is 286. The van der Waals surface area contributed by atoms with Gasteiger partial charge in [-0.05, 0) is 43.1 Å². The van der Waals surface area contributed by atoms with Gasteiger partial charge in [0.1, 0.15) is 0 Å². The second-order valence-corrected chi connectivity index (χ2v) is 5.18. The molecule has 0 fully saturated rings. The summed E-state index contributed by atoms with van der Waals surface area (Å²) < 4.78 is 0. The van der Waals surface area contributed by atoms with Crippen molar-refractivity contribution in [1.82, 2.24) is 0 Å². The zero-order chi connectivity index (χ0) is 12.1. The minimum Gasteiger partial charge on any atom is -0.389 e. The molecule has 1 nitrogen and oxygen atoms in total. The largest absolute Gasteiger partial charge is 0.389 e. The zero-order valence-electron chi connectivity index (χ0n) is 10.6. The van der Waals surface area contributed by atoms with Crippen LogP contribution in [0.3, 0.4) is 0 Å². The van der Waals surface area contributed by atoms with Gasteiger partial charge in [-0.2, -0.15) is 0 Å². The smallest absolute Gasteiger partial charge is 0.0750 e. The molecule has 1 rings (SSSR count). The highest BCUT2D eigenvalue weighted by molar-refractivity contribution is 5.17. The maximum Gasteiger partial charge on any atom is 0.0750 e. The van der Waals surface area contributed by atoms with Gasteiger partial charge in [-0.1, -0.05) is 44.7 Å². The molecule has 0 saturated carbocycles. The molecule has 0 heterocycles. The summed E-state index contributed by atoms with van der Waals surface area (Å²) in [5.74, 6) is 1.20. The van der Waals surface area contributed by atoms with Gasteiger partial charge < -0.3 is 5.11 Å². The van der Waals surface area contributed by atoms with Crippen LogP contribution in [-0.2, 0) is 0 Å². The molecular formula is C15H24O. The Morgan fingerprint density at radius 3 is 2.56 bits per heavy atom. The maximum atomic E-state index is 9.88. The number of hydrogen-bond donors (Lipinski definition) is 1. The Labute approximate surface area is 99.6 Å². The Hall–Kier alpha value is -0.820. The molecule has 16 heavy (non-hydrogen) atoms. The average Bonchev–Trinajstić information content (AvgIpc) is 2.23. The molecule has 1 aliphatic carbocycles. The molecule has 0 amide bonds. The van der Waals surface area contributed by atoms with E-state index in [2.05, 4.69) is 39.2 Å². The van der Waals surface area contributed by atoms with Gasteiger partial charge in [-0.25, -0.2) is 0 Å². The summed E-state index contributed by atoms with van der Waals surface area (Å²) in [7, 11) is 0. The Balaban J connectivity index is 2.75. The average molecular weight is 220 g/mol. The molecule has 2 atom stereocenters. The van der Waals surface area contributed by atoms with Gasteiger partial charge in [-0.15, -0.1) is 0 Å². The molecule has 0 spiro atoms. The second kappa shape index (κ2) is 6.05. The quantitative estimate of drug-likeness (QED) is 0.665. The lowest BCUT2D eigenvalue weighted by molar-refractivity contribution is 0.195. The number of aliphatic hydroxyl groups excluding tert-OH is 1. The van der Waals surface area contributed by atoms with Crippen molar-refractivity contribution in [1.29, 1.82) is 0 Å². The van der Waals surface area contributed by atoms with Crippen LogP contribution in [0.4, 0.5) is 0 Å². The Morgan fingerprint density at radius 1 is 1.25 bits per heavy atom. The summed E-state index contributed by atoms with van der Waals surface area (Å²) in [5, 5.41) is 9.88. The highest BCUT2D eigenvalue weighted by Crippen LogP contribution is 2.25. The fourth-order valence-corrected chi connectivity index (χ4v) is 2.04. The van der Waals surface area contributed by atoms with Crippen LogP contribution in [0, 0.1) is 11.8 Å². The monoisotopic (exact) mass is 220 g/mol. The maximum absolute atomic E-state index is 9.88. The molecule has 1 aliphatic rings. The van der Waals surface area contributed by atoms with Gasteiger partial charge in [-0.3, -0.25) is 0 Å². The molecule has 0 aliphatic heterocycles. The third-order valence-electron chi connectivity index (χ3n) is 3.44. The van der Waals surface area contributed by atoms with Crippen LogP contribution in [0.1, 0.15) is 39.5 Å². The highest BCUT2D eigenvalue weighted by Gasteiger charge is 2.15. The lowest BCUT2D eigenvalue weighted by Gasteiger charge is -2.21. The molecule has 0 aromatic heterocycles. The van der Waals surface area contributed by atoms with E-state index in [1.54, 1.807) is 0 Å². The van der Waals surface area contributed by atoms with E-state index < -0.39 is 0 Å². The lowest BCUT2D eigenvalue weighted by atomic mass is 9.86. The fourth-order valence-electron chi connectivity index (χ4n) is 2.04. The molecule has 0 saturated heterocycles. The zero-order valence-corrected chi connectivity index (χ0v) is 10.6. The molecule has 1 unspecified atom stereocenters. The minimum absolute atomic E-state index is 0.351. The van der Waals surface area contributed by atoms with E-state index in [9.17, 15) is 5.11 Å². The van der Waals surface area contributed by atoms with E-state index in [0.29, 0.717) is 11.8 Å². The molecule has 0 radical (unpaired) electrons. The summed E-state index contributed by atoms with van der Waals surface area (Å²) in [4.78, 5) is 0. The van der Waals surface area contributed by atoms with Crippen molar-refractivity contribution in [3.8, 4) is 0 Å². The Kier molecular flexibility index (Phi) is 5.01. The van der Waals surface area contributed by atoms with Gasteiger partial charge in [0, 0.05) is 0 Å². The molecule has 0 bridgehead atoms. The van der Waals surface area contributed by atoms with Crippen molar-refractivity contribution in [2.45, 2.75) is 45.6 Å². The van der Waals surface area contributed by atoms with Crippen LogP contribution < -0.4 is 0 Å². The first kappa shape index (κ1) is 13.2. The van der Waals surface area contributed by atoms with Crippen molar-refractivity contribution in [3.05, 3.63) is 36.5 Å².